The van der Waals surface area contributed by atoms with Gasteiger partial charge in [0, 0.05) is 12.1 Å². The zero-order chi connectivity index (χ0) is 13.4. The van der Waals surface area contributed by atoms with E-state index in [0.29, 0.717) is 12.1 Å². The lowest BCUT2D eigenvalue weighted by Crippen LogP contribution is -2.40. The Morgan fingerprint density at radius 2 is 1.95 bits per heavy atom. The molecular weight excluding hydrogens is 232 g/mol. The van der Waals surface area contributed by atoms with E-state index in [1.807, 2.05) is 0 Å². The number of benzene rings is 1. The number of piperidine rings is 1. The molecule has 2 unspecified atom stereocenters. The van der Waals surface area contributed by atoms with Gasteiger partial charge in [-0.1, -0.05) is 23.8 Å². The minimum Gasteiger partial charge on any atom is -0.328 e. The quantitative estimate of drug-likeness (QED) is 0.883. The molecule has 0 aromatic heterocycles. The van der Waals surface area contributed by atoms with E-state index in [2.05, 4.69) is 36.9 Å². The Hall–Kier alpha value is -0.860. The highest BCUT2D eigenvalue weighted by Crippen LogP contribution is 2.38. The zero-order valence-corrected chi connectivity index (χ0v) is 12.2. The van der Waals surface area contributed by atoms with Crippen molar-refractivity contribution < 1.29 is 0 Å². The van der Waals surface area contributed by atoms with Crippen LogP contribution >= 0.6 is 0 Å². The van der Waals surface area contributed by atoms with Crippen LogP contribution in [0.15, 0.2) is 18.2 Å². The monoisotopic (exact) mass is 258 g/mol. The van der Waals surface area contributed by atoms with Gasteiger partial charge >= 0.3 is 0 Å². The second-order valence-corrected chi connectivity index (χ2v) is 6.49. The third-order valence-electron chi connectivity index (χ3n) is 5.11. The van der Waals surface area contributed by atoms with Crippen molar-refractivity contribution in [1.29, 1.82) is 0 Å². The summed E-state index contributed by atoms with van der Waals surface area (Å²) in [6.07, 6.45) is 5.11. The van der Waals surface area contributed by atoms with Gasteiger partial charge < -0.3 is 5.73 Å². The van der Waals surface area contributed by atoms with E-state index in [9.17, 15) is 0 Å². The van der Waals surface area contributed by atoms with Gasteiger partial charge in [0.05, 0.1) is 0 Å². The van der Waals surface area contributed by atoms with E-state index in [4.69, 9.17) is 5.73 Å². The van der Waals surface area contributed by atoms with Crippen LogP contribution < -0.4 is 5.73 Å². The summed E-state index contributed by atoms with van der Waals surface area (Å²) < 4.78 is 0. The standard InChI is InChI=1S/C17H26N2/c1-12-3-4-15-5-6-17(16(15)11-12)19-9-7-14(8-10-19)13(2)18/h3-4,11,13-14,17H,5-10,18H2,1-2H3. The van der Waals surface area contributed by atoms with Gasteiger partial charge in [0.2, 0.25) is 0 Å². The molecule has 2 nitrogen and oxygen atoms in total. The first-order valence-corrected chi connectivity index (χ1v) is 7.74. The molecule has 1 fully saturated rings. The number of rotatable bonds is 2. The molecule has 0 radical (unpaired) electrons. The molecule has 0 amide bonds. The van der Waals surface area contributed by atoms with Crippen LogP contribution in [0.2, 0.25) is 0 Å². The topological polar surface area (TPSA) is 29.3 Å². The van der Waals surface area contributed by atoms with E-state index in [-0.39, 0.29) is 0 Å². The summed E-state index contributed by atoms with van der Waals surface area (Å²) in [6.45, 7) is 6.82. The molecule has 104 valence electrons. The molecule has 2 aliphatic rings. The Labute approximate surface area is 117 Å². The first-order chi connectivity index (χ1) is 9.15. The minimum absolute atomic E-state index is 0.361. The minimum atomic E-state index is 0.361. The van der Waals surface area contributed by atoms with Crippen LogP contribution in [0, 0.1) is 12.8 Å². The van der Waals surface area contributed by atoms with Gasteiger partial charge in [0.25, 0.3) is 0 Å². The van der Waals surface area contributed by atoms with Gasteiger partial charge in [-0.05, 0) is 69.7 Å². The fourth-order valence-electron chi connectivity index (χ4n) is 3.84. The number of likely N-dealkylation sites (tertiary alicyclic amines) is 1. The number of fused-ring (bicyclic) bond motifs is 1. The maximum atomic E-state index is 6.04. The molecule has 1 aliphatic heterocycles. The average molecular weight is 258 g/mol. The highest BCUT2D eigenvalue weighted by atomic mass is 15.2. The molecule has 3 rings (SSSR count). The first kappa shape index (κ1) is 13.1. The number of hydrogen-bond donors (Lipinski definition) is 1. The van der Waals surface area contributed by atoms with E-state index in [1.165, 1.54) is 44.3 Å². The molecule has 19 heavy (non-hydrogen) atoms. The van der Waals surface area contributed by atoms with Crippen LogP contribution in [0.5, 0.6) is 0 Å². The second kappa shape index (κ2) is 5.26. The molecule has 2 heteroatoms. The first-order valence-electron chi connectivity index (χ1n) is 7.74. The SMILES string of the molecule is Cc1ccc2c(c1)C(N1CCC(C(C)N)CC1)CC2. The number of hydrogen-bond acceptors (Lipinski definition) is 2. The average Bonchev–Trinajstić information content (AvgIpc) is 2.81. The molecule has 1 heterocycles. The lowest BCUT2D eigenvalue weighted by atomic mass is 9.89. The number of nitrogens with zero attached hydrogens (tertiary/aromatic N) is 1. The molecule has 1 aliphatic carbocycles. The van der Waals surface area contributed by atoms with E-state index in [0.717, 1.165) is 5.92 Å². The smallest absolute Gasteiger partial charge is 0.0354 e. The molecule has 1 aromatic rings. The van der Waals surface area contributed by atoms with E-state index < -0.39 is 0 Å². The van der Waals surface area contributed by atoms with Gasteiger partial charge in [-0.2, -0.15) is 0 Å². The predicted octanol–water partition coefficient (Wildman–Crippen LogP) is 3.04. The third kappa shape index (κ3) is 2.56. The van der Waals surface area contributed by atoms with Gasteiger partial charge in [-0.15, -0.1) is 0 Å². The van der Waals surface area contributed by atoms with Crippen molar-refractivity contribution in [3.05, 3.63) is 34.9 Å². The molecule has 2 N–H and O–H groups in total. The van der Waals surface area contributed by atoms with Crippen molar-refractivity contribution in [1.82, 2.24) is 4.90 Å². The van der Waals surface area contributed by atoms with Gasteiger partial charge in [0.15, 0.2) is 0 Å². The van der Waals surface area contributed by atoms with Crippen LogP contribution in [-0.4, -0.2) is 24.0 Å². The van der Waals surface area contributed by atoms with Crippen molar-refractivity contribution in [2.75, 3.05) is 13.1 Å². The Kier molecular flexibility index (Phi) is 3.64. The molecular formula is C17H26N2. The lowest BCUT2D eigenvalue weighted by molar-refractivity contribution is 0.124. The van der Waals surface area contributed by atoms with Crippen molar-refractivity contribution in [3.63, 3.8) is 0 Å². The number of nitrogens with two attached hydrogens (primary N) is 1. The van der Waals surface area contributed by atoms with Gasteiger partial charge in [-0.3, -0.25) is 4.90 Å². The van der Waals surface area contributed by atoms with E-state index in [1.54, 1.807) is 11.1 Å². The summed E-state index contributed by atoms with van der Waals surface area (Å²) in [7, 11) is 0. The molecule has 0 saturated carbocycles. The molecule has 1 saturated heterocycles. The van der Waals surface area contributed by atoms with Crippen molar-refractivity contribution >= 4 is 0 Å². The number of aryl methyl sites for hydroxylation is 2. The second-order valence-electron chi connectivity index (χ2n) is 6.49. The van der Waals surface area contributed by atoms with Crippen LogP contribution in [0.25, 0.3) is 0 Å². The molecule has 0 spiro atoms. The summed E-state index contributed by atoms with van der Waals surface area (Å²) in [5.41, 5.74) is 10.6. The fraction of sp³-hybridized carbons (Fsp3) is 0.647. The predicted molar refractivity (Wildman–Crippen MR) is 80.2 cm³/mol. The summed E-state index contributed by atoms with van der Waals surface area (Å²) in [5, 5.41) is 0. The summed E-state index contributed by atoms with van der Waals surface area (Å²) in [6, 6.07) is 8.03. The zero-order valence-electron chi connectivity index (χ0n) is 12.2. The summed E-state index contributed by atoms with van der Waals surface area (Å²) in [4.78, 5) is 2.70. The largest absolute Gasteiger partial charge is 0.328 e. The van der Waals surface area contributed by atoms with Crippen LogP contribution in [-0.2, 0) is 6.42 Å². The Bertz CT molecular complexity index is 445. The molecule has 0 bridgehead atoms. The Morgan fingerprint density at radius 1 is 1.21 bits per heavy atom. The molecule has 1 aromatic carbocycles. The highest BCUT2D eigenvalue weighted by Gasteiger charge is 2.31. The van der Waals surface area contributed by atoms with Crippen molar-refractivity contribution in [3.8, 4) is 0 Å². The van der Waals surface area contributed by atoms with Crippen molar-refractivity contribution in [2.24, 2.45) is 11.7 Å². The Balaban J connectivity index is 1.71. The third-order valence-corrected chi connectivity index (χ3v) is 5.11. The van der Waals surface area contributed by atoms with Crippen LogP contribution in [0.4, 0.5) is 0 Å². The summed E-state index contributed by atoms with van der Waals surface area (Å²) in [5.74, 6) is 0.731. The van der Waals surface area contributed by atoms with Gasteiger partial charge in [-0.25, -0.2) is 0 Å². The highest BCUT2D eigenvalue weighted by molar-refractivity contribution is 5.37. The maximum absolute atomic E-state index is 6.04. The summed E-state index contributed by atoms with van der Waals surface area (Å²) >= 11 is 0. The van der Waals surface area contributed by atoms with Gasteiger partial charge in [0.1, 0.15) is 0 Å². The lowest BCUT2D eigenvalue weighted by Gasteiger charge is -2.37. The molecule has 2 atom stereocenters. The Morgan fingerprint density at radius 3 is 2.63 bits per heavy atom. The van der Waals surface area contributed by atoms with Crippen molar-refractivity contribution in [2.45, 2.75) is 51.6 Å². The van der Waals surface area contributed by atoms with E-state index >= 15 is 0 Å². The van der Waals surface area contributed by atoms with Crippen LogP contribution in [0.1, 0.15) is 48.9 Å². The fourth-order valence-corrected chi connectivity index (χ4v) is 3.84. The normalized spacial score (nSPS) is 26.4. The maximum Gasteiger partial charge on any atom is 0.0354 e. The van der Waals surface area contributed by atoms with Crippen LogP contribution in [0.3, 0.4) is 0 Å².